The van der Waals surface area contributed by atoms with Crippen molar-refractivity contribution in [1.29, 1.82) is 5.26 Å². The van der Waals surface area contributed by atoms with E-state index in [4.69, 9.17) is 5.26 Å². The van der Waals surface area contributed by atoms with Crippen molar-refractivity contribution >= 4 is 17.3 Å². The maximum Gasteiger partial charge on any atom is 0.437 e. The number of anilines is 3. The van der Waals surface area contributed by atoms with Crippen molar-refractivity contribution in [3.63, 3.8) is 0 Å². The third-order valence-electron chi connectivity index (χ3n) is 4.92. The lowest BCUT2D eigenvalue weighted by Gasteiger charge is -2.28. The first kappa shape index (κ1) is 20.7. The second-order valence-corrected chi connectivity index (χ2v) is 6.90. The molecule has 1 aliphatic carbocycles. The van der Waals surface area contributed by atoms with Gasteiger partial charge in [0.2, 0.25) is 0 Å². The summed E-state index contributed by atoms with van der Waals surface area (Å²) in [5.41, 5.74) is -1.06. The van der Waals surface area contributed by atoms with Crippen LogP contribution in [0.1, 0.15) is 37.1 Å². The molecule has 0 aliphatic heterocycles. The Hall–Kier alpha value is -3.00. The van der Waals surface area contributed by atoms with Crippen molar-refractivity contribution in [2.45, 2.75) is 37.9 Å². The van der Waals surface area contributed by atoms with E-state index in [1.807, 2.05) is 13.1 Å². The molecule has 2 aromatic heterocycles. The molecule has 2 aromatic rings. The zero-order valence-electron chi connectivity index (χ0n) is 15.8. The average Bonchev–Trinajstić information content (AvgIpc) is 2.72. The van der Waals surface area contributed by atoms with Gasteiger partial charge in [0.25, 0.3) is 0 Å². The Kier molecular flexibility index (Phi) is 6.43. The van der Waals surface area contributed by atoms with Crippen molar-refractivity contribution in [3.05, 3.63) is 29.8 Å². The Morgan fingerprint density at radius 2 is 1.86 bits per heavy atom. The number of nitriles is 1. The van der Waals surface area contributed by atoms with Gasteiger partial charge in [-0.3, -0.25) is 0 Å². The maximum absolute atomic E-state index is 13.3. The highest BCUT2D eigenvalue weighted by atomic mass is 19.4. The predicted molar refractivity (Wildman–Crippen MR) is 100 cm³/mol. The zero-order valence-corrected chi connectivity index (χ0v) is 15.8. The van der Waals surface area contributed by atoms with E-state index >= 15 is 0 Å². The minimum absolute atomic E-state index is 0.0957. The minimum Gasteiger partial charge on any atom is -0.383 e. The fourth-order valence-electron chi connectivity index (χ4n) is 3.29. The van der Waals surface area contributed by atoms with E-state index in [1.54, 1.807) is 0 Å². The number of nitrogens with zero attached hydrogens (tertiary/aromatic N) is 5. The SMILES string of the molecule is CNC1CCC(CNc2cc(Nc3cnc(C#N)cn3)nnc2C(F)(F)F)CC1. The van der Waals surface area contributed by atoms with Crippen molar-refractivity contribution in [1.82, 2.24) is 25.5 Å². The van der Waals surface area contributed by atoms with Crippen molar-refractivity contribution in [3.8, 4) is 6.07 Å². The van der Waals surface area contributed by atoms with Gasteiger partial charge in [0.05, 0.1) is 18.1 Å². The van der Waals surface area contributed by atoms with Gasteiger partial charge in [-0.05, 0) is 38.6 Å². The Labute approximate surface area is 166 Å². The maximum atomic E-state index is 13.3. The summed E-state index contributed by atoms with van der Waals surface area (Å²) in [6.07, 6.45) is 1.84. The molecule has 3 rings (SSSR count). The molecule has 0 atom stereocenters. The van der Waals surface area contributed by atoms with Gasteiger partial charge in [-0.2, -0.15) is 18.4 Å². The number of rotatable bonds is 6. The van der Waals surface area contributed by atoms with Crippen molar-refractivity contribution in [2.24, 2.45) is 5.92 Å². The lowest BCUT2D eigenvalue weighted by atomic mass is 9.86. The van der Waals surface area contributed by atoms with Gasteiger partial charge in [-0.15, -0.1) is 10.2 Å². The molecule has 154 valence electrons. The number of aromatic nitrogens is 4. The molecule has 0 unspecified atom stereocenters. The molecule has 0 spiro atoms. The third kappa shape index (κ3) is 5.51. The molecular formula is C18H21F3N8. The van der Waals surface area contributed by atoms with Gasteiger partial charge in [-0.25, -0.2) is 9.97 Å². The molecule has 29 heavy (non-hydrogen) atoms. The van der Waals surface area contributed by atoms with E-state index in [9.17, 15) is 13.2 Å². The van der Waals surface area contributed by atoms with Crippen molar-refractivity contribution in [2.75, 3.05) is 24.2 Å². The molecule has 0 radical (unpaired) electrons. The molecule has 0 bridgehead atoms. The standard InChI is InChI=1S/C18H21F3N8/c1-23-12-4-2-11(3-5-12)8-25-14-6-15(28-29-17(14)18(19,20)21)27-16-10-24-13(7-22)9-26-16/h6,9-12,23H,2-5,8H2,1H3,(H2,25,26,27,28). The molecule has 1 aliphatic rings. The summed E-state index contributed by atoms with van der Waals surface area (Å²) < 4.78 is 40.0. The third-order valence-corrected chi connectivity index (χ3v) is 4.92. The van der Waals surface area contributed by atoms with E-state index in [-0.39, 0.29) is 23.0 Å². The summed E-state index contributed by atoms with van der Waals surface area (Å²) in [5, 5.41) is 24.6. The van der Waals surface area contributed by atoms with Crippen molar-refractivity contribution < 1.29 is 13.2 Å². The first-order valence-electron chi connectivity index (χ1n) is 9.24. The van der Waals surface area contributed by atoms with Crippen LogP contribution in [0.4, 0.5) is 30.5 Å². The van der Waals surface area contributed by atoms with Crippen LogP contribution in [0.15, 0.2) is 18.5 Å². The summed E-state index contributed by atoms with van der Waals surface area (Å²) in [6, 6.07) is 3.57. The second kappa shape index (κ2) is 9.00. The highest BCUT2D eigenvalue weighted by Gasteiger charge is 2.36. The minimum atomic E-state index is -4.62. The smallest absolute Gasteiger partial charge is 0.383 e. The summed E-state index contributed by atoms with van der Waals surface area (Å²) in [7, 11) is 1.92. The fourth-order valence-corrected chi connectivity index (χ4v) is 3.29. The van der Waals surface area contributed by atoms with Gasteiger partial charge < -0.3 is 16.0 Å². The van der Waals surface area contributed by atoms with E-state index in [1.165, 1.54) is 18.5 Å². The normalized spacial score (nSPS) is 19.4. The highest BCUT2D eigenvalue weighted by Crippen LogP contribution is 2.34. The van der Waals surface area contributed by atoms with Gasteiger partial charge >= 0.3 is 6.18 Å². The Balaban J connectivity index is 1.72. The number of hydrogen-bond donors (Lipinski definition) is 3. The monoisotopic (exact) mass is 406 g/mol. The molecular weight excluding hydrogens is 385 g/mol. The number of alkyl halides is 3. The summed E-state index contributed by atoms with van der Waals surface area (Å²) in [5.74, 6) is 0.641. The molecule has 1 saturated carbocycles. The van der Waals surface area contributed by atoms with Crippen LogP contribution in [0.5, 0.6) is 0 Å². The van der Waals surface area contributed by atoms with E-state index in [0.717, 1.165) is 25.7 Å². The molecule has 8 nitrogen and oxygen atoms in total. The predicted octanol–water partition coefficient (Wildman–Crippen LogP) is 3.09. The molecule has 1 fully saturated rings. The topological polar surface area (TPSA) is 111 Å². The van der Waals surface area contributed by atoms with Crippen LogP contribution in [0, 0.1) is 17.2 Å². The van der Waals surface area contributed by atoms with Crippen LogP contribution in [0.2, 0.25) is 0 Å². The molecule has 0 aromatic carbocycles. The van der Waals surface area contributed by atoms with Crippen LogP contribution in [0.3, 0.4) is 0 Å². The summed E-state index contributed by atoms with van der Waals surface area (Å²) in [6.45, 7) is 0.432. The molecule has 11 heteroatoms. The first-order valence-corrected chi connectivity index (χ1v) is 9.24. The number of nitrogens with one attached hydrogen (secondary N) is 3. The van der Waals surface area contributed by atoms with E-state index in [2.05, 4.69) is 36.1 Å². The summed E-state index contributed by atoms with van der Waals surface area (Å²) >= 11 is 0. The Morgan fingerprint density at radius 1 is 1.10 bits per heavy atom. The fraction of sp³-hybridized carbons (Fsp3) is 0.500. The van der Waals surface area contributed by atoms with Crippen LogP contribution in [-0.4, -0.2) is 39.8 Å². The molecule has 2 heterocycles. The lowest BCUT2D eigenvalue weighted by molar-refractivity contribution is -0.141. The average molecular weight is 406 g/mol. The molecule has 0 amide bonds. The van der Waals surface area contributed by atoms with Gasteiger partial charge in [0, 0.05) is 18.7 Å². The van der Waals surface area contributed by atoms with Gasteiger partial charge in [0.15, 0.2) is 17.2 Å². The lowest BCUT2D eigenvalue weighted by Crippen LogP contribution is -2.32. The van der Waals surface area contributed by atoms with Gasteiger partial charge in [0.1, 0.15) is 11.9 Å². The molecule has 3 N–H and O–H groups in total. The number of halogens is 3. The largest absolute Gasteiger partial charge is 0.437 e. The van der Waals surface area contributed by atoms with Crippen LogP contribution in [0.25, 0.3) is 0 Å². The van der Waals surface area contributed by atoms with E-state index in [0.29, 0.717) is 18.5 Å². The van der Waals surface area contributed by atoms with Crippen LogP contribution in [-0.2, 0) is 6.18 Å². The van der Waals surface area contributed by atoms with Gasteiger partial charge in [-0.1, -0.05) is 0 Å². The Bertz CT molecular complexity index is 855. The highest BCUT2D eigenvalue weighted by molar-refractivity contribution is 5.60. The van der Waals surface area contributed by atoms with E-state index < -0.39 is 11.9 Å². The zero-order chi connectivity index (χ0) is 20.9. The Morgan fingerprint density at radius 3 is 2.45 bits per heavy atom. The quantitative estimate of drug-likeness (QED) is 0.671. The van der Waals surface area contributed by atoms with Crippen LogP contribution >= 0.6 is 0 Å². The number of hydrogen-bond acceptors (Lipinski definition) is 8. The first-order chi connectivity index (χ1) is 13.9. The second-order valence-electron chi connectivity index (χ2n) is 6.90. The van der Waals surface area contributed by atoms with Crippen LogP contribution < -0.4 is 16.0 Å². The molecule has 0 saturated heterocycles. The summed E-state index contributed by atoms with van der Waals surface area (Å²) in [4.78, 5) is 7.82.